The summed E-state index contributed by atoms with van der Waals surface area (Å²) in [5.41, 5.74) is 12.6. The van der Waals surface area contributed by atoms with Crippen LogP contribution < -0.4 is 26.4 Å². The van der Waals surface area contributed by atoms with E-state index in [0.717, 1.165) is 0 Å². The van der Waals surface area contributed by atoms with Crippen LogP contribution in [-0.2, 0) is 14.3 Å². The second-order valence-corrected chi connectivity index (χ2v) is 8.80. The highest BCUT2D eigenvalue weighted by Gasteiger charge is 2.36. The maximum Gasteiger partial charge on any atom is 0.325 e. The first-order chi connectivity index (χ1) is 18.2. The van der Waals surface area contributed by atoms with Crippen molar-refractivity contribution in [2.24, 2.45) is 5.73 Å². The van der Waals surface area contributed by atoms with Crippen molar-refractivity contribution in [1.82, 2.24) is 9.69 Å². The van der Waals surface area contributed by atoms with Crippen molar-refractivity contribution in [2.45, 2.75) is 26.8 Å². The fourth-order valence-corrected chi connectivity index (χ4v) is 4.48. The maximum atomic E-state index is 14.1. The summed E-state index contributed by atoms with van der Waals surface area (Å²) in [6, 6.07) is 12.4. The fourth-order valence-electron chi connectivity index (χ4n) is 3.74. The van der Waals surface area contributed by atoms with E-state index in [4.69, 9.17) is 20.9 Å². The minimum absolute atomic E-state index is 0.0591. The SMILES string of the molecule is CCOC(=O)CNC(=O)[C@@H](c1ccc(OCC)cc1)N(C(=O)c1snc(C(N)=O)c1N)c1ccccc1C. The zero-order valence-electron chi connectivity index (χ0n) is 21.2. The summed E-state index contributed by atoms with van der Waals surface area (Å²) in [7, 11) is 0. The van der Waals surface area contributed by atoms with E-state index in [1.807, 2.05) is 6.92 Å². The molecule has 1 heterocycles. The first-order valence-corrected chi connectivity index (χ1v) is 12.6. The van der Waals surface area contributed by atoms with Gasteiger partial charge in [-0.1, -0.05) is 30.3 Å². The van der Waals surface area contributed by atoms with E-state index in [-0.39, 0.29) is 22.9 Å². The van der Waals surface area contributed by atoms with E-state index < -0.39 is 36.3 Å². The molecule has 5 N–H and O–H groups in total. The van der Waals surface area contributed by atoms with Gasteiger partial charge in [-0.25, -0.2) is 0 Å². The number of nitrogens with zero attached hydrogens (tertiary/aromatic N) is 2. The van der Waals surface area contributed by atoms with E-state index in [0.29, 0.717) is 40.7 Å². The van der Waals surface area contributed by atoms with Crippen molar-refractivity contribution in [1.29, 1.82) is 0 Å². The van der Waals surface area contributed by atoms with Crippen molar-refractivity contribution in [3.8, 4) is 5.75 Å². The number of aromatic nitrogens is 1. The van der Waals surface area contributed by atoms with Gasteiger partial charge in [-0.05, 0) is 61.6 Å². The lowest BCUT2D eigenvalue weighted by atomic mass is 10.0. The van der Waals surface area contributed by atoms with Gasteiger partial charge in [0.25, 0.3) is 11.8 Å². The molecular formula is C26H29N5O6S. The Balaban J connectivity index is 2.17. The Morgan fingerprint density at radius 3 is 2.32 bits per heavy atom. The molecule has 11 nitrogen and oxygen atoms in total. The lowest BCUT2D eigenvalue weighted by molar-refractivity contribution is -0.143. The zero-order chi connectivity index (χ0) is 27.8. The van der Waals surface area contributed by atoms with E-state index in [1.54, 1.807) is 62.4 Å². The Morgan fingerprint density at radius 2 is 1.74 bits per heavy atom. The number of carbonyl (C=O) groups is 4. The first kappa shape index (κ1) is 28.1. The number of primary amides is 1. The Labute approximate surface area is 223 Å². The van der Waals surface area contributed by atoms with Gasteiger partial charge in [0, 0.05) is 5.69 Å². The molecule has 0 radical (unpaired) electrons. The summed E-state index contributed by atoms with van der Waals surface area (Å²) in [5, 5.41) is 2.56. The monoisotopic (exact) mass is 539 g/mol. The molecule has 12 heteroatoms. The van der Waals surface area contributed by atoms with E-state index >= 15 is 0 Å². The molecule has 2 aromatic carbocycles. The third-order valence-electron chi connectivity index (χ3n) is 5.48. The van der Waals surface area contributed by atoms with E-state index in [1.165, 1.54) is 4.90 Å². The van der Waals surface area contributed by atoms with Gasteiger partial charge in [-0.2, -0.15) is 4.37 Å². The number of hydrogen-bond donors (Lipinski definition) is 3. The number of rotatable bonds is 11. The van der Waals surface area contributed by atoms with Crippen molar-refractivity contribution in [3.63, 3.8) is 0 Å². The highest BCUT2D eigenvalue weighted by molar-refractivity contribution is 7.09. The molecule has 0 aliphatic heterocycles. The minimum atomic E-state index is -1.24. The molecule has 0 saturated heterocycles. The van der Waals surface area contributed by atoms with E-state index in [2.05, 4.69) is 9.69 Å². The molecule has 200 valence electrons. The van der Waals surface area contributed by atoms with Gasteiger partial charge >= 0.3 is 5.97 Å². The Bertz CT molecular complexity index is 1320. The number of benzene rings is 2. The third kappa shape index (κ3) is 6.27. The van der Waals surface area contributed by atoms with Crippen LogP contribution in [0.5, 0.6) is 5.75 Å². The number of hydrogen-bond acceptors (Lipinski definition) is 9. The van der Waals surface area contributed by atoms with Crippen LogP contribution in [0.25, 0.3) is 0 Å². The average Bonchev–Trinajstić information content (AvgIpc) is 3.28. The molecule has 1 aromatic heterocycles. The summed E-state index contributed by atoms with van der Waals surface area (Å²) >= 11 is 0.707. The number of nitrogens with one attached hydrogen (secondary N) is 1. The zero-order valence-corrected chi connectivity index (χ0v) is 22.0. The molecule has 3 amide bonds. The molecular weight excluding hydrogens is 510 g/mol. The molecule has 1 atom stereocenters. The number of amides is 3. The highest BCUT2D eigenvalue weighted by Crippen LogP contribution is 2.35. The Hall–Kier alpha value is -4.45. The number of aryl methyl sites for hydroxylation is 1. The standard InChI is InChI=1S/C26H29N5O6S/c1-4-36-17-12-10-16(11-13-17)22(25(34)29-14-19(32)37-5-2)31(18-9-7-6-8-15(18)3)26(35)23-20(27)21(24(28)33)30-38-23/h6-13,22H,4-5,14,27H2,1-3H3,(H2,28,33)(H,29,34)/t22-/m1/s1. The lowest BCUT2D eigenvalue weighted by Crippen LogP contribution is -2.45. The van der Waals surface area contributed by atoms with Gasteiger partial charge in [0.05, 0.1) is 18.9 Å². The lowest BCUT2D eigenvalue weighted by Gasteiger charge is -2.32. The topological polar surface area (TPSA) is 167 Å². The smallest absolute Gasteiger partial charge is 0.325 e. The molecule has 0 spiro atoms. The van der Waals surface area contributed by atoms with Crippen molar-refractivity contribution in [2.75, 3.05) is 30.4 Å². The summed E-state index contributed by atoms with van der Waals surface area (Å²) in [5.74, 6) is -2.24. The molecule has 0 aliphatic carbocycles. The van der Waals surface area contributed by atoms with Crippen molar-refractivity contribution in [3.05, 3.63) is 70.2 Å². The molecule has 38 heavy (non-hydrogen) atoms. The van der Waals surface area contributed by atoms with Crippen molar-refractivity contribution < 1.29 is 28.7 Å². The summed E-state index contributed by atoms with van der Waals surface area (Å²) in [4.78, 5) is 52.6. The normalized spacial score (nSPS) is 11.3. The molecule has 3 rings (SSSR count). The van der Waals surface area contributed by atoms with Crippen LogP contribution in [0.3, 0.4) is 0 Å². The first-order valence-electron chi connectivity index (χ1n) is 11.8. The van der Waals surface area contributed by atoms with Crippen molar-refractivity contribution >= 4 is 46.6 Å². The molecule has 0 aliphatic rings. The van der Waals surface area contributed by atoms with Crippen LogP contribution in [0, 0.1) is 6.92 Å². The second kappa shape index (κ2) is 12.7. The molecule has 0 saturated carbocycles. The van der Waals surface area contributed by atoms with Gasteiger partial charge in [-0.3, -0.25) is 24.1 Å². The number of ether oxygens (including phenoxy) is 2. The summed E-state index contributed by atoms with van der Waals surface area (Å²) in [6.07, 6.45) is 0. The highest BCUT2D eigenvalue weighted by atomic mass is 32.1. The number of nitrogens with two attached hydrogens (primary N) is 2. The number of para-hydroxylation sites is 1. The maximum absolute atomic E-state index is 14.1. The van der Waals surface area contributed by atoms with Crippen LogP contribution in [0.1, 0.15) is 51.2 Å². The van der Waals surface area contributed by atoms with E-state index in [9.17, 15) is 19.2 Å². The predicted molar refractivity (Wildman–Crippen MR) is 143 cm³/mol. The quantitative estimate of drug-likeness (QED) is 0.313. The molecule has 0 bridgehead atoms. The van der Waals surface area contributed by atoms with Gasteiger partial charge in [-0.15, -0.1) is 0 Å². The van der Waals surface area contributed by atoms with Gasteiger partial charge in [0.15, 0.2) is 5.69 Å². The molecule has 3 aromatic rings. The van der Waals surface area contributed by atoms with Gasteiger partial charge in [0.2, 0.25) is 5.91 Å². The van der Waals surface area contributed by atoms with Gasteiger partial charge < -0.3 is 26.3 Å². The van der Waals surface area contributed by atoms with Crippen LogP contribution in [-0.4, -0.2) is 47.8 Å². The third-order valence-corrected chi connectivity index (χ3v) is 6.33. The Morgan fingerprint density at radius 1 is 1.05 bits per heavy atom. The predicted octanol–water partition coefficient (Wildman–Crippen LogP) is 2.60. The minimum Gasteiger partial charge on any atom is -0.494 e. The number of esters is 1. The number of nitrogen functional groups attached to an aromatic ring is 1. The average molecular weight is 540 g/mol. The fraction of sp³-hybridized carbons (Fsp3) is 0.269. The van der Waals surface area contributed by atoms with Crippen LogP contribution in [0.2, 0.25) is 0 Å². The van der Waals surface area contributed by atoms with Crippen LogP contribution in [0.4, 0.5) is 11.4 Å². The largest absolute Gasteiger partial charge is 0.494 e. The second-order valence-electron chi connectivity index (χ2n) is 8.03. The van der Waals surface area contributed by atoms with Crippen LogP contribution >= 0.6 is 11.5 Å². The molecule has 0 fully saturated rings. The summed E-state index contributed by atoms with van der Waals surface area (Å²) < 4.78 is 14.4. The number of carbonyl (C=O) groups excluding carboxylic acids is 4. The summed E-state index contributed by atoms with van der Waals surface area (Å²) in [6.45, 7) is 5.48. The molecule has 0 unspecified atom stereocenters. The van der Waals surface area contributed by atoms with Crippen LogP contribution in [0.15, 0.2) is 48.5 Å². The number of anilines is 2. The Kier molecular flexibility index (Phi) is 9.39. The van der Waals surface area contributed by atoms with Gasteiger partial charge in [0.1, 0.15) is 23.2 Å².